The first-order valence-electron chi connectivity index (χ1n) is 7.81. The maximum absolute atomic E-state index is 5.88. The molecule has 1 saturated heterocycles. The van der Waals surface area contributed by atoms with Gasteiger partial charge in [0.15, 0.2) is 0 Å². The van der Waals surface area contributed by atoms with Crippen LogP contribution < -0.4 is 10.6 Å². The fourth-order valence-electron chi connectivity index (χ4n) is 3.05. The minimum absolute atomic E-state index is 0.231. The Hall–Kier alpha value is -1.06. The van der Waals surface area contributed by atoms with Crippen LogP contribution in [0, 0.1) is 6.92 Å². The number of hydrogen-bond donors (Lipinski definition) is 1. The minimum atomic E-state index is 0.231. The van der Waals surface area contributed by atoms with Crippen LogP contribution in [0.3, 0.4) is 0 Å². The van der Waals surface area contributed by atoms with Gasteiger partial charge in [-0.1, -0.05) is 12.1 Å². The maximum atomic E-state index is 5.88. The number of rotatable bonds is 4. The van der Waals surface area contributed by atoms with Gasteiger partial charge >= 0.3 is 0 Å². The second kappa shape index (κ2) is 6.59. The van der Waals surface area contributed by atoms with Crippen LogP contribution in [0.15, 0.2) is 18.2 Å². The highest BCUT2D eigenvalue weighted by Gasteiger charge is 2.19. The van der Waals surface area contributed by atoms with Crippen molar-refractivity contribution in [2.75, 3.05) is 31.1 Å². The molecule has 0 radical (unpaired) electrons. The minimum Gasteiger partial charge on any atom is -0.369 e. The molecule has 0 aromatic heterocycles. The van der Waals surface area contributed by atoms with E-state index < -0.39 is 0 Å². The van der Waals surface area contributed by atoms with E-state index in [0.29, 0.717) is 6.04 Å². The van der Waals surface area contributed by atoms with Gasteiger partial charge in [0, 0.05) is 44.0 Å². The molecule has 2 rings (SSSR count). The summed E-state index contributed by atoms with van der Waals surface area (Å²) in [7, 11) is 0. The Bertz CT molecular complexity index is 432. The molecule has 20 heavy (non-hydrogen) atoms. The van der Waals surface area contributed by atoms with E-state index >= 15 is 0 Å². The molecule has 0 spiro atoms. The lowest BCUT2D eigenvalue weighted by molar-refractivity contribution is 0.209. The molecule has 0 bridgehead atoms. The highest BCUT2D eigenvalue weighted by Crippen LogP contribution is 2.23. The summed E-state index contributed by atoms with van der Waals surface area (Å²) in [6.07, 6.45) is 0.961. The monoisotopic (exact) mass is 275 g/mol. The molecule has 112 valence electrons. The van der Waals surface area contributed by atoms with Gasteiger partial charge in [-0.05, 0) is 51.3 Å². The Morgan fingerprint density at radius 1 is 1.10 bits per heavy atom. The summed E-state index contributed by atoms with van der Waals surface area (Å²) in [5, 5.41) is 0. The van der Waals surface area contributed by atoms with Gasteiger partial charge in [-0.25, -0.2) is 0 Å². The quantitative estimate of drug-likeness (QED) is 0.916. The number of benzene rings is 1. The van der Waals surface area contributed by atoms with Crippen molar-refractivity contribution < 1.29 is 0 Å². The third kappa shape index (κ3) is 3.74. The molecule has 1 unspecified atom stereocenters. The topological polar surface area (TPSA) is 32.5 Å². The summed E-state index contributed by atoms with van der Waals surface area (Å²) in [6.45, 7) is 13.4. The molecule has 2 N–H and O–H groups in total. The van der Waals surface area contributed by atoms with Gasteiger partial charge in [0.1, 0.15) is 0 Å². The van der Waals surface area contributed by atoms with Crippen LogP contribution in [0.5, 0.6) is 0 Å². The summed E-state index contributed by atoms with van der Waals surface area (Å²) in [4.78, 5) is 5.07. The van der Waals surface area contributed by atoms with E-state index in [2.05, 4.69) is 55.7 Å². The number of nitrogens with two attached hydrogens (primary N) is 1. The van der Waals surface area contributed by atoms with Gasteiger partial charge in [0.05, 0.1) is 0 Å². The predicted molar refractivity (Wildman–Crippen MR) is 87.5 cm³/mol. The summed E-state index contributed by atoms with van der Waals surface area (Å²) in [6, 6.07) is 7.70. The Balaban J connectivity index is 2.03. The van der Waals surface area contributed by atoms with Crippen LogP contribution in [0.2, 0.25) is 0 Å². The number of hydrogen-bond acceptors (Lipinski definition) is 3. The van der Waals surface area contributed by atoms with Crippen molar-refractivity contribution in [1.82, 2.24) is 4.90 Å². The summed E-state index contributed by atoms with van der Waals surface area (Å²) in [5.41, 5.74) is 10.00. The molecule has 0 amide bonds. The second-order valence-corrected chi connectivity index (χ2v) is 6.42. The molecule has 0 saturated carbocycles. The standard InChI is InChI=1S/C17H29N3/c1-13(2)19-7-9-20(10-8-19)17-6-5-16(11-14(17)3)12-15(4)18/h5-6,11,13,15H,7-10,12,18H2,1-4H3. The molecular weight excluding hydrogens is 246 g/mol. The van der Waals surface area contributed by atoms with E-state index in [0.717, 1.165) is 19.5 Å². The van der Waals surface area contributed by atoms with E-state index in [4.69, 9.17) is 5.73 Å². The zero-order chi connectivity index (χ0) is 14.7. The lowest BCUT2D eigenvalue weighted by atomic mass is 10.0. The van der Waals surface area contributed by atoms with Gasteiger partial charge in [-0.3, -0.25) is 4.90 Å². The third-order valence-electron chi connectivity index (χ3n) is 4.20. The number of nitrogens with zero attached hydrogens (tertiary/aromatic N) is 2. The smallest absolute Gasteiger partial charge is 0.0397 e. The Morgan fingerprint density at radius 3 is 2.25 bits per heavy atom. The highest BCUT2D eigenvalue weighted by molar-refractivity contribution is 5.55. The Kier molecular flexibility index (Phi) is 5.06. The predicted octanol–water partition coefficient (Wildman–Crippen LogP) is 2.42. The van der Waals surface area contributed by atoms with Crippen LogP contribution in [0.4, 0.5) is 5.69 Å². The molecule has 3 heteroatoms. The maximum Gasteiger partial charge on any atom is 0.0397 e. The van der Waals surface area contributed by atoms with Crippen LogP contribution in [-0.4, -0.2) is 43.2 Å². The van der Waals surface area contributed by atoms with Crippen molar-refractivity contribution in [3.8, 4) is 0 Å². The normalized spacial score (nSPS) is 18.6. The van der Waals surface area contributed by atoms with Gasteiger partial charge in [0.2, 0.25) is 0 Å². The first-order valence-corrected chi connectivity index (χ1v) is 7.81. The van der Waals surface area contributed by atoms with Crippen molar-refractivity contribution in [2.24, 2.45) is 5.73 Å². The zero-order valence-electron chi connectivity index (χ0n) is 13.4. The van der Waals surface area contributed by atoms with E-state index in [1.54, 1.807) is 0 Å². The summed E-state index contributed by atoms with van der Waals surface area (Å²) >= 11 is 0. The van der Waals surface area contributed by atoms with E-state index in [1.165, 1.54) is 29.9 Å². The first kappa shape index (κ1) is 15.3. The largest absolute Gasteiger partial charge is 0.369 e. The summed E-state index contributed by atoms with van der Waals surface area (Å²) in [5.74, 6) is 0. The highest BCUT2D eigenvalue weighted by atomic mass is 15.3. The molecule has 1 aromatic rings. The van der Waals surface area contributed by atoms with Gasteiger partial charge in [-0.15, -0.1) is 0 Å². The molecule has 1 atom stereocenters. The molecular formula is C17H29N3. The SMILES string of the molecule is Cc1cc(CC(C)N)ccc1N1CCN(C(C)C)CC1. The average molecular weight is 275 g/mol. The molecule has 0 aliphatic carbocycles. The molecule has 3 nitrogen and oxygen atoms in total. The van der Waals surface area contributed by atoms with Crippen molar-refractivity contribution in [3.63, 3.8) is 0 Å². The van der Waals surface area contributed by atoms with E-state index in [9.17, 15) is 0 Å². The molecule has 1 aliphatic heterocycles. The van der Waals surface area contributed by atoms with Crippen LogP contribution in [-0.2, 0) is 6.42 Å². The molecule has 1 aliphatic rings. The summed E-state index contributed by atoms with van der Waals surface area (Å²) < 4.78 is 0. The number of anilines is 1. The first-order chi connectivity index (χ1) is 9.47. The fourth-order valence-corrected chi connectivity index (χ4v) is 3.05. The van der Waals surface area contributed by atoms with Crippen molar-refractivity contribution in [1.29, 1.82) is 0 Å². The van der Waals surface area contributed by atoms with Crippen LogP contribution in [0.1, 0.15) is 31.9 Å². The van der Waals surface area contributed by atoms with Crippen molar-refractivity contribution in [2.45, 2.75) is 46.2 Å². The lowest BCUT2D eigenvalue weighted by Crippen LogP contribution is -2.49. The Labute approximate surface area is 123 Å². The van der Waals surface area contributed by atoms with Crippen molar-refractivity contribution >= 4 is 5.69 Å². The average Bonchev–Trinajstić information content (AvgIpc) is 2.38. The Morgan fingerprint density at radius 2 is 1.75 bits per heavy atom. The van der Waals surface area contributed by atoms with Crippen molar-refractivity contribution in [3.05, 3.63) is 29.3 Å². The van der Waals surface area contributed by atoms with Gasteiger partial charge in [0.25, 0.3) is 0 Å². The number of aryl methyl sites for hydroxylation is 1. The molecule has 1 heterocycles. The van der Waals surface area contributed by atoms with Crippen LogP contribution >= 0.6 is 0 Å². The van der Waals surface area contributed by atoms with Crippen LogP contribution in [0.25, 0.3) is 0 Å². The van der Waals surface area contributed by atoms with Gasteiger partial charge in [-0.2, -0.15) is 0 Å². The van der Waals surface area contributed by atoms with E-state index in [1.807, 2.05) is 0 Å². The zero-order valence-corrected chi connectivity index (χ0v) is 13.4. The number of piperazine rings is 1. The van der Waals surface area contributed by atoms with Gasteiger partial charge < -0.3 is 10.6 Å². The van der Waals surface area contributed by atoms with E-state index in [-0.39, 0.29) is 6.04 Å². The lowest BCUT2D eigenvalue weighted by Gasteiger charge is -2.38. The molecule has 1 fully saturated rings. The fraction of sp³-hybridized carbons (Fsp3) is 0.647. The third-order valence-corrected chi connectivity index (χ3v) is 4.20. The second-order valence-electron chi connectivity index (χ2n) is 6.42. The molecule has 1 aromatic carbocycles.